The van der Waals surface area contributed by atoms with Gasteiger partial charge in [0.15, 0.2) is 0 Å². The first-order valence-corrected chi connectivity index (χ1v) is 10.7. The van der Waals surface area contributed by atoms with Crippen LogP contribution in [0.3, 0.4) is 0 Å². The number of hydrogen-bond acceptors (Lipinski definition) is 5. The number of sulfonamides is 1. The highest BCUT2D eigenvalue weighted by molar-refractivity contribution is 7.89. The van der Waals surface area contributed by atoms with Crippen molar-refractivity contribution in [3.63, 3.8) is 0 Å². The largest absolute Gasteiger partial charge is 0.384 e. The molecular formula is C22H22N2O5S. The SMILES string of the molecule is Cc1ccc([N+](=O)[O-])cc1S(=O)(=O)NCC(C)(O)c1ccc(-c2ccccc2)cc1. The summed E-state index contributed by atoms with van der Waals surface area (Å²) in [7, 11) is -4.05. The molecule has 1 unspecified atom stereocenters. The molecule has 3 rings (SSSR count). The molecule has 0 aromatic heterocycles. The third-order valence-corrected chi connectivity index (χ3v) is 6.44. The second-order valence-corrected chi connectivity index (χ2v) is 8.98. The van der Waals surface area contributed by atoms with Gasteiger partial charge in [-0.05, 0) is 36.1 Å². The summed E-state index contributed by atoms with van der Waals surface area (Å²) in [5, 5.41) is 21.8. The van der Waals surface area contributed by atoms with Gasteiger partial charge in [0, 0.05) is 18.7 Å². The Kier molecular flexibility index (Phi) is 6.02. The Bertz CT molecular complexity index is 1160. The number of benzene rings is 3. The van der Waals surface area contributed by atoms with Gasteiger partial charge in [0.2, 0.25) is 10.0 Å². The molecule has 0 saturated heterocycles. The summed E-state index contributed by atoms with van der Waals surface area (Å²) < 4.78 is 27.8. The van der Waals surface area contributed by atoms with E-state index in [4.69, 9.17) is 0 Å². The normalized spacial score (nSPS) is 13.6. The monoisotopic (exact) mass is 426 g/mol. The lowest BCUT2D eigenvalue weighted by atomic mass is 9.94. The molecule has 0 spiro atoms. The average Bonchev–Trinajstić information content (AvgIpc) is 2.73. The summed E-state index contributed by atoms with van der Waals surface area (Å²) in [6.45, 7) is 2.77. The molecule has 8 heteroatoms. The second-order valence-electron chi connectivity index (χ2n) is 7.25. The van der Waals surface area contributed by atoms with Crippen molar-refractivity contribution in [2.24, 2.45) is 0 Å². The number of rotatable bonds is 7. The zero-order chi connectivity index (χ0) is 21.9. The minimum absolute atomic E-state index is 0.188. The quantitative estimate of drug-likeness (QED) is 0.442. The molecule has 2 N–H and O–H groups in total. The molecule has 0 bridgehead atoms. The van der Waals surface area contributed by atoms with Gasteiger partial charge in [0.1, 0.15) is 5.60 Å². The van der Waals surface area contributed by atoms with Crippen molar-refractivity contribution in [1.29, 1.82) is 0 Å². The molecule has 1 atom stereocenters. The Labute approximate surface area is 175 Å². The number of non-ortho nitro benzene ring substituents is 1. The van der Waals surface area contributed by atoms with E-state index in [2.05, 4.69) is 4.72 Å². The molecule has 0 aliphatic carbocycles. The number of nitro groups is 1. The molecule has 3 aromatic carbocycles. The average molecular weight is 426 g/mol. The van der Waals surface area contributed by atoms with Gasteiger partial charge in [-0.15, -0.1) is 0 Å². The van der Waals surface area contributed by atoms with Gasteiger partial charge in [-0.2, -0.15) is 0 Å². The fraction of sp³-hybridized carbons (Fsp3) is 0.182. The predicted octanol–water partition coefficient (Wildman–Crippen LogP) is 3.76. The van der Waals surface area contributed by atoms with Crippen LogP contribution < -0.4 is 4.72 Å². The van der Waals surface area contributed by atoms with Gasteiger partial charge in [0.25, 0.3) is 5.69 Å². The van der Waals surface area contributed by atoms with Crippen LogP contribution in [-0.4, -0.2) is 25.0 Å². The summed E-state index contributed by atoms with van der Waals surface area (Å²) in [5.74, 6) is 0. The van der Waals surface area contributed by atoms with E-state index in [-0.39, 0.29) is 17.1 Å². The predicted molar refractivity (Wildman–Crippen MR) is 114 cm³/mol. The van der Waals surface area contributed by atoms with Crippen LogP contribution in [0.4, 0.5) is 5.69 Å². The van der Waals surface area contributed by atoms with Crippen LogP contribution in [0.15, 0.2) is 77.7 Å². The number of aryl methyl sites for hydroxylation is 1. The standard InChI is InChI=1S/C22H22N2O5S/c1-16-8-13-20(24(26)27)14-21(16)30(28,29)23-15-22(2,25)19-11-9-18(10-12-19)17-6-4-3-5-7-17/h3-14,23,25H,15H2,1-2H3. The van der Waals surface area contributed by atoms with Gasteiger partial charge >= 0.3 is 0 Å². The second kappa shape index (κ2) is 8.35. The molecule has 0 amide bonds. The van der Waals surface area contributed by atoms with Gasteiger partial charge in [-0.25, -0.2) is 13.1 Å². The van der Waals surface area contributed by atoms with E-state index in [9.17, 15) is 23.6 Å². The lowest BCUT2D eigenvalue weighted by Gasteiger charge is -2.24. The molecular weight excluding hydrogens is 404 g/mol. The lowest BCUT2D eigenvalue weighted by Crippen LogP contribution is -2.38. The molecule has 0 heterocycles. The molecule has 3 aromatic rings. The van der Waals surface area contributed by atoms with E-state index in [0.29, 0.717) is 11.1 Å². The third kappa shape index (κ3) is 4.73. The zero-order valence-electron chi connectivity index (χ0n) is 16.6. The molecule has 0 radical (unpaired) electrons. The lowest BCUT2D eigenvalue weighted by molar-refractivity contribution is -0.385. The Hall–Kier alpha value is -3.07. The van der Waals surface area contributed by atoms with Gasteiger partial charge in [-0.3, -0.25) is 10.1 Å². The molecule has 0 fully saturated rings. The molecule has 7 nitrogen and oxygen atoms in total. The van der Waals surface area contributed by atoms with Gasteiger partial charge in [-0.1, -0.05) is 60.7 Å². The molecule has 0 aliphatic heterocycles. The molecule has 0 saturated carbocycles. The fourth-order valence-corrected chi connectivity index (χ4v) is 4.45. The number of nitrogens with zero attached hydrogens (tertiary/aromatic N) is 1. The van der Waals surface area contributed by atoms with E-state index >= 15 is 0 Å². The maximum Gasteiger partial charge on any atom is 0.270 e. The van der Waals surface area contributed by atoms with E-state index < -0.39 is 20.5 Å². The van der Waals surface area contributed by atoms with Crippen molar-refractivity contribution in [3.05, 3.63) is 94.0 Å². The Morgan fingerprint density at radius 1 is 1.00 bits per heavy atom. The third-order valence-electron chi connectivity index (χ3n) is 4.89. The van der Waals surface area contributed by atoms with Gasteiger partial charge < -0.3 is 5.11 Å². The summed E-state index contributed by atoms with van der Waals surface area (Å²) >= 11 is 0. The van der Waals surface area contributed by atoms with Gasteiger partial charge in [0.05, 0.1) is 9.82 Å². The number of nitrogens with one attached hydrogen (secondary N) is 1. The van der Waals surface area contributed by atoms with Crippen molar-refractivity contribution in [2.75, 3.05) is 6.54 Å². The van der Waals surface area contributed by atoms with Crippen LogP contribution in [0.1, 0.15) is 18.1 Å². The maximum absolute atomic E-state index is 12.7. The van der Waals surface area contributed by atoms with Crippen molar-refractivity contribution >= 4 is 15.7 Å². The Balaban J connectivity index is 1.79. The minimum Gasteiger partial charge on any atom is -0.384 e. The van der Waals surface area contributed by atoms with E-state index in [0.717, 1.165) is 17.2 Å². The number of aliphatic hydroxyl groups is 1. The van der Waals surface area contributed by atoms with Crippen molar-refractivity contribution in [3.8, 4) is 11.1 Å². The molecule has 156 valence electrons. The number of hydrogen-bond donors (Lipinski definition) is 2. The highest BCUT2D eigenvalue weighted by Crippen LogP contribution is 2.26. The first-order chi connectivity index (χ1) is 14.1. The van der Waals surface area contributed by atoms with Crippen LogP contribution in [0.5, 0.6) is 0 Å². The van der Waals surface area contributed by atoms with E-state index in [1.165, 1.54) is 19.1 Å². The van der Waals surface area contributed by atoms with Crippen LogP contribution in [-0.2, 0) is 15.6 Å². The van der Waals surface area contributed by atoms with Crippen LogP contribution in [0, 0.1) is 17.0 Å². The smallest absolute Gasteiger partial charge is 0.270 e. The first-order valence-electron chi connectivity index (χ1n) is 9.23. The number of nitro benzene ring substituents is 1. The van der Waals surface area contributed by atoms with E-state index in [1.54, 1.807) is 19.1 Å². The minimum atomic E-state index is -4.05. The topological polar surface area (TPSA) is 110 Å². The van der Waals surface area contributed by atoms with E-state index in [1.807, 2.05) is 42.5 Å². The first kappa shape index (κ1) is 21.6. The molecule has 0 aliphatic rings. The summed E-state index contributed by atoms with van der Waals surface area (Å²) in [6.07, 6.45) is 0. The Morgan fingerprint density at radius 2 is 1.60 bits per heavy atom. The summed E-state index contributed by atoms with van der Waals surface area (Å²) in [4.78, 5) is 10.1. The van der Waals surface area contributed by atoms with Crippen molar-refractivity contribution in [1.82, 2.24) is 4.72 Å². The summed E-state index contributed by atoms with van der Waals surface area (Å²) in [6, 6.07) is 20.6. The van der Waals surface area contributed by atoms with Crippen molar-refractivity contribution in [2.45, 2.75) is 24.3 Å². The molecule has 30 heavy (non-hydrogen) atoms. The van der Waals surface area contributed by atoms with Crippen molar-refractivity contribution < 1.29 is 18.4 Å². The zero-order valence-corrected chi connectivity index (χ0v) is 17.4. The maximum atomic E-state index is 12.7. The van der Waals surface area contributed by atoms with Crippen LogP contribution in [0.2, 0.25) is 0 Å². The fourth-order valence-electron chi connectivity index (χ4n) is 3.06. The van der Waals surface area contributed by atoms with Crippen LogP contribution in [0.25, 0.3) is 11.1 Å². The highest BCUT2D eigenvalue weighted by atomic mass is 32.2. The summed E-state index contributed by atoms with van der Waals surface area (Å²) in [5.41, 5.74) is 1.13. The highest BCUT2D eigenvalue weighted by Gasteiger charge is 2.28. The van der Waals surface area contributed by atoms with Crippen LogP contribution >= 0.6 is 0 Å². The Morgan fingerprint density at radius 3 is 2.20 bits per heavy atom.